The van der Waals surface area contributed by atoms with E-state index < -0.39 is 11.9 Å². The Bertz CT molecular complexity index is 589. The number of carboxylic acids is 2. The molecule has 1 rings (SSSR count). The van der Waals surface area contributed by atoms with E-state index in [4.69, 9.17) is 40.9 Å². The molecule has 0 saturated heterocycles. The molecule has 0 aromatic heterocycles. The molecular formula is C20H32ClNO6. The van der Waals surface area contributed by atoms with Gasteiger partial charge in [0.15, 0.2) is 0 Å². The van der Waals surface area contributed by atoms with Gasteiger partial charge in [0.25, 0.3) is 0 Å². The molecular weight excluding hydrogens is 386 g/mol. The molecule has 0 saturated carbocycles. The largest absolute Gasteiger partial charge is 0.493 e. The zero-order valence-electron chi connectivity index (χ0n) is 17.1. The number of halogens is 1. The second-order valence-corrected chi connectivity index (χ2v) is 7.59. The van der Waals surface area contributed by atoms with Gasteiger partial charge in [-0.1, -0.05) is 32.4 Å². The van der Waals surface area contributed by atoms with Crippen LogP contribution in [0, 0.1) is 0 Å². The van der Waals surface area contributed by atoms with Crippen molar-refractivity contribution in [3.05, 3.63) is 28.8 Å². The van der Waals surface area contributed by atoms with Gasteiger partial charge in [-0.05, 0) is 56.0 Å². The zero-order chi connectivity index (χ0) is 21.6. The minimum absolute atomic E-state index is 0.0309. The van der Waals surface area contributed by atoms with Crippen LogP contribution in [0.2, 0.25) is 5.02 Å². The Morgan fingerprint density at radius 2 is 1.64 bits per heavy atom. The van der Waals surface area contributed by atoms with Crippen molar-refractivity contribution in [1.82, 2.24) is 5.32 Å². The average Bonchev–Trinajstić information content (AvgIpc) is 2.61. The number of methoxy groups -OCH3 is 1. The lowest BCUT2D eigenvalue weighted by molar-refractivity contribution is -0.159. The molecule has 0 unspecified atom stereocenters. The van der Waals surface area contributed by atoms with Crippen LogP contribution in [-0.2, 0) is 19.7 Å². The van der Waals surface area contributed by atoms with Crippen molar-refractivity contribution in [2.75, 3.05) is 33.4 Å². The van der Waals surface area contributed by atoms with E-state index in [9.17, 15) is 0 Å². The van der Waals surface area contributed by atoms with Crippen molar-refractivity contribution < 1.29 is 29.3 Å². The molecule has 0 atom stereocenters. The summed E-state index contributed by atoms with van der Waals surface area (Å²) in [5.74, 6) is -2.70. The topological polar surface area (TPSA) is 105 Å². The fourth-order valence-corrected chi connectivity index (χ4v) is 2.39. The molecule has 0 aliphatic rings. The molecule has 7 nitrogen and oxygen atoms in total. The lowest BCUT2D eigenvalue weighted by Gasteiger charge is -2.23. The Hall–Kier alpha value is -1.83. The maximum absolute atomic E-state index is 9.10. The molecule has 0 spiro atoms. The van der Waals surface area contributed by atoms with Gasteiger partial charge in [0.05, 0.1) is 6.61 Å². The first-order valence-electron chi connectivity index (χ1n) is 9.18. The van der Waals surface area contributed by atoms with E-state index in [1.54, 1.807) is 7.11 Å². The second-order valence-electron chi connectivity index (χ2n) is 7.15. The molecule has 0 aliphatic carbocycles. The van der Waals surface area contributed by atoms with Crippen LogP contribution in [0.3, 0.4) is 0 Å². The van der Waals surface area contributed by atoms with E-state index in [0.717, 1.165) is 61.9 Å². The highest BCUT2D eigenvalue weighted by Crippen LogP contribution is 2.33. The van der Waals surface area contributed by atoms with Crippen molar-refractivity contribution in [3.8, 4) is 5.75 Å². The molecule has 0 bridgehead atoms. The van der Waals surface area contributed by atoms with Crippen molar-refractivity contribution in [2.24, 2.45) is 0 Å². The second kappa shape index (κ2) is 14.2. The van der Waals surface area contributed by atoms with Crippen molar-refractivity contribution in [1.29, 1.82) is 0 Å². The molecule has 0 radical (unpaired) electrons. The maximum Gasteiger partial charge on any atom is 0.414 e. The summed E-state index contributed by atoms with van der Waals surface area (Å²) >= 11 is 6.10. The molecule has 1 aromatic rings. The predicted octanol–water partition coefficient (Wildman–Crippen LogP) is 3.58. The Morgan fingerprint density at radius 3 is 2.18 bits per heavy atom. The number of ether oxygens (including phenoxy) is 2. The number of hydrogen-bond acceptors (Lipinski definition) is 5. The van der Waals surface area contributed by atoms with Gasteiger partial charge in [-0.25, -0.2) is 9.59 Å². The van der Waals surface area contributed by atoms with Gasteiger partial charge in [-0.2, -0.15) is 0 Å². The van der Waals surface area contributed by atoms with Gasteiger partial charge < -0.3 is 25.0 Å². The van der Waals surface area contributed by atoms with E-state index in [-0.39, 0.29) is 5.41 Å². The smallest absolute Gasteiger partial charge is 0.414 e. The highest BCUT2D eigenvalue weighted by atomic mass is 35.5. The summed E-state index contributed by atoms with van der Waals surface area (Å²) < 4.78 is 11.0. The number of aliphatic carboxylic acids is 2. The van der Waals surface area contributed by atoms with E-state index in [1.165, 1.54) is 0 Å². The minimum Gasteiger partial charge on any atom is -0.493 e. The van der Waals surface area contributed by atoms with Gasteiger partial charge in [-0.3, -0.25) is 0 Å². The highest BCUT2D eigenvalue weighted by molar-refractivity contribution is 6.30. The van der Waals surface area contributed by atoms with Crippen LogP contribution in [0.5, 0.6) is 5.75 Å². The normalized spacial score (nSPS) is 10.8. The number of rotatable bonds is 10. The Kier molecular flexibility index (Phi) is 13.3. The van der Waals surface area contributed by atoms with Gasteiger partial charge >= 0.3 is 11.9 Å². The molecule has 0 amide bonds. The van der Waals surface area contributed by atoms with Gasteiger partial charge in [0.1, 0.15) is 5.75 Å². The molecule has 0 fully saturated rings. The van der Waals surface area contributed by atoms with Crippen LogP contribution in [0.15, 0.2) is 18.2 Å². The van der Waals surface area contributed by atoms with Crippen molar-refractivity contribution in [3.63, 3.8) is 0 Å². The quantitative estimate of drug-likeness (QED) is 0.394. The molecule has 28 heavy (non-hydrogen) atoms. The summed E-state index contributed by atoms with van der Waals surface area (Å²) in [4.78, 5) is 18.2. The van der Waals surface area contributed by atoms with E-state index in [2.05, 4.69) is 26.1 Å². The fraction of sp³-hybridized carbons (Fsp3) is 0.600. The third-order valence-corrected chi connectivity index (χ3v) is 3.88. The minimum atomic E-state index is -1.82. The van der Waals surface area contributed by atoms with Crippen LogP contribution < -0.4 is 10.1 Å². The first-order valence-corrected chi connectivity index (χ1v) is 9.56. The summed E-state index contributed by atoms with van der Waals surface area (Å²) in [5, 5.41) is 19.0. The standard InChI is InChI=1S/C18H30ClNO2.C2H2O4/c1-18(2,3)16-14-15(19)8-9-17(16)22-13-6-5-10-20-11-7-12-21-4;3-1(4)2(5)6/h8-9,14,20H,5-7,10-13H2,1-4H3;(H,3,4)(H,5,6). The third-order valence-electron chi connectivity index (χ3n) is 3.64. The van der Waals surface area contributed by atoms with E-state index in [0.29, 0.717) is 0 Å². The summed E-state index contributed by atoms with van der Waals surface area (Å²) in [5.41, 5.74) is 1.20. The summed E-state index contributed by atoms with van der Waals surface area (Å²) in [6.45, 7) is 10.1. The third kappa shape index (κ3) is 12.5. The molecule has 0 aliphatic heterocycles. The molecule has 1 aromatic carbocycles. The monoisotopic (exact) mass is 417 g/mol. The zero-order valence-corrected chi connectivity index (χ0v) is 17.8. The van der Waals surface area contributed by atoms with Crippen molar-refractivity contribution >= 4 is 23.5 Å². The van der Waals surface area contributed by atoms with Gasteiger partial charge in [0.2, 0.25) is 0 Å². The van der Waals surface area contributed by atoms with Crippen LogP contribution in [0.25, 0.3) is 0 Å². The fourth-order valence-electron chi connectivity index (χ4n) is 2.21. The maximum atomic E-state index is 9.10. The summed E-state index contributed by atoms with van der Waals surface area (Å²) in [6.07, 6.45) is 3.22. The van der Waals surface area contributed by atoms with Crippen LogP contribution in [0.4, 0.5) is 0 Å². The molecule has 3 N–H and O–H groups in total. The number of carbonyl (C=O) groups is 2. The highest BCUT2D eigenvalue weighted by Gasteiger charge is 2.19. The first kappa shape index (κ1) is 26.2. The lowest BCUT2D eigenvalue weighted by Crippen LogP contribution is -2.18. The number of unbranched alkanes of at least 4 members (excludes halogenated alkanes) is 1. The van der Waals surface area contributed by atoms with Crippen LogP contribution in [0.1, 0.15) is 45.6 Å². The Balaban J connectivity index is 0.00000105. The number of benzene rings is 1. The van der Waals surface area contributed by atoms with Crippen molar-refractivity contribution in [2.45, 2.75) is 45.4 Å². The Labute approximate surface area is 172 Å². The van der Waals surface area contributed by atoms with E-state index >= 15 is 0 Å². The number of hydrogen-bond donors (Lipinski definition) is 3. The number of nitrogens with one attached hydrogen (secondary N) is 1. The Morgan fingerprint density at radius 1 is 1.04 bits per heavy atom. The molecule has 160 valence electrons. The molecule has 0 heterocycles. The van der Waals surface area contributed by atoms with Crippen LogP contribution in [-0.4, -0.2) is 55.6 Å². The van der Waals surface area contributed by atoms with Crippen LogP contribution >= 0.6 is 11.6 Å². The van der Waals surface area contributed by atoms with Gasteiger partial charge in [0, 0.05) is 24.3 Å². The van der Waals surface area contributed by atoms with E-state index in [1.807, 2.05) is 18.2 Å². The summed E-state index contributed by atoms with van der Waals surface area (Å²) in [6, 6.07) is 5.88. The van der Waals surface area contributed by atoms with Gasteiger partial charge in [-0.15, -0.1) is 0 Å². The first-order chi connectivity index (χ1) is 13.1. The average molecular weight is 418 g/mol. The lowest BCUT2D eigenvalue weighted by atomic mass is 9.86. The molecule has 8 heteroatoms. The SMILES string of the molecule is COCCCNCCCCOc1ccc(Cl)cc1C(C)(C)C.O=C(O)C(=O)O. The number of carboxylic acid groups (broad SMARTS) is 2. The predicted molar refractivity (Wildman–Crippen MR) is 110 cm³/mol. The summed E-state index contributed by atoms with van der Waals surface area (Å²) in [7, 11) is 1.74.